The molecule has 0 aromatic carbocycles. The lowest BCUT2D eigenvalue weighted by Crippen LogP contribution is -2.05. The van der Waals surface area contributed by atoms with Crippen LogP contribution < -0.4 is 4.74 Å². The standard InChI is InChI=1S/C12H10FN3O3/c1-2-19-9-4-3-7(5-14-9)10-11(13)15-6-8(16-10)12(17)18/h3-6H,2H2,1H3,(H,17,18). The number of carboxylic acids is 1. The van der Waals surface area contributed by atoms with E-state index in [9.17, 15) is 9.18 Å². The quantitative estimate of drug-likeness (QED) is 0.904. The van der Waals surface area contributed by atoms with Gasteiger partial charge in [-0.1, -0.05) is 0 Å². The smallest absolute Gasteiger partial charge is 0.356 e. The number of carboxylic acid groups (broad SMARTS) is 1. The van der Waals surface area contributed by atoms with Gasteiger partial charge in [-0.05, 0) is 13.0 Å². The lowest BCUT2D eigenvalue weighted by Gasteiger charge is -2.05. The van der Waals surface area contributed by atoms with Crippen LogP contribution in [0.1, 0.15) is 17.4 Å². The van der Waals surface area contributed by atoms with Crippen LogP contribution in [0, 0.1) is 5.95 Å². The first-order chi connectivity index (χ1) is 9.11. The Balaban J connectivity index is 2.40. The summed E-state index contributed by atoms with van der Waals surface area (Å²) in [4.78, 5) is 21.8. The molecule has 1 N–H and O–H groups in total. The van der Waals surface area contributed by atoms with Crippen LogP contribution in [0.15, 0.2) is 24.5 Å². The normalized spacial score (nSPS) is 10.2. The summed E-state index contributed by atoms with van der Waals surface area (Å²) in [6.07, 6.45) is 2.22. The third kappa shape index (κ3) is 2.82. The number of nitrogens with zero attached hydrogens (tertiary/aromatic N) is 3. The highest BCUT2D eigenvalue weighted by Gasteiger charge is 2.13. The van der Waals surface area contributed by atoms with Gasteiger partial charge >= 0.3 is 5.97 Å². The molecule has 0 radical (unpaired) electrons. The van der Waals surface area contributed by atoms with Crippen molar-refractivity contribution in [2.45, 2.75) is 6.92 Å². The van der Waals surface area contributed by atoms with Crippen LogP contribution in [0.25, 0.3) is 11.3 Å². The Kier molecular flexibility index (Phi) is 3.65. The molecule has 19 heavy (non-hydrogen) atoms. The van der Waals surface area contributed by atoms with E-state index in [-0.39, 0.29) is 11.4 Å². The monoisotopic (exact) mass is 263 g/mol. The molecule has 0 atom stereocenters. The van der Waals surface area contributed by atoms with Crippen LogP contribution in [0.5, 0.6) is 5.88 Å². The fraction of sp³-hybridized carbons (Fsp3) is 0.167. The molecule has 2 aromatic rings. The molecule has 2 heterocycles. The molecule has 0 aliphatic rings. The number of hydrogen-bond donors (Lipinski definition) is 1. The van der Waals surface area contributed by atoms with E-state index < -0.39 is 11.9 Å². The Labute approximate surface area is 107 Å². The van der Waals surface area contributed by atoms with Crippen LogP contribution in [0.2, 0.25) is 0 Å². The maximum atomic E-state index is 13.5. The third-order valence-corrected chi connectivity index (χ3v) is 2.25. The molecule has 0 aliphatic heterocycles. The molecule has 0 amide bonds. The average molecular weight is 263 g/mol. The SMILES string of the molecule is CCOc1ccc(-c2nc(C(=O)O)cnc2F)cn1. The molecular formula is C12H10FN3O3. The van der Waals surface area contributed by atoms with Crippen LogP contribution in [0.4, 0.5) is 4.39 Å². The zero-order valence-corrected chi connectivity index (χ0v) is 10.00. The minimum absolute atomic E-state index is 0.157. The molecule has 7 heteroatoms. The fourth-order valence-corrected chi connectivity index (χ4v) is 1.41. The van der Waals surface area contributed by atoms with E-state index in [1.807, 2.05) is 6.92 Å². The second-order valence-electron chi connectivity index (χ2n) is 3.52. The van der Waals surface area contributed by atoms with Gasteiger partial charge in [0.2, 0.25) is 11.8 Å². The molecule has 0 aliphatic carbocycles. The molecule has 0 saturated carbocycles. The molecule has 6 nitrogen and oxygen atoms in total. The van der Waals surface area contributed by atoms with Gasteiger partial charge in [0, 0.05) is 17.8 Å². The van der Waals surface area contributed by atoms with Crippen molar-refractivity contribution in [3.05, 3.63) is 36.2 Å². The van der Waals surface area contributed by atoms with Crippen molar-refractivity contribution in [2.75, 3.05) is 6.61 Å². The summed E-state index contributed by atoms with van der Waals surface area (Å²) in [5, 5.41) is 8.80. The number of pyridine rings is 1. The Hall–Kier alpha value is -2.57. The van der Waals surface area contributed by atoms with Crippen molar-refractivity contribution in [1.82, 2.24) is 15.0 Å². The maximum Gasteiger partial charge on any atom is 0.356 e. The summed E-state index contributed by atoms with van der Waals surface area (Å²) < 4.78 is 18.7. The van der Waals surface area contributed by atoms with Gasteiger partial charge in [0.25, 0.3) is 0 Å². The minimum atomic E-state index is -1.27. The highest BCUT2D eigenvalue weighted by Crippen LogP contribution is 2.20. The van der Waals surface area contributed by atoms with E-state index in [2.05, 4.69) is 15.0 Å². The number of carbonyl (C=O) groups is 1. The first-order valence-corrected chi connectivity index (χ1v) is 5.47. The Morgan fingerprint density at radius 3 is 2.74 bits per heavy atom. The molecule has 0 fully saturated rings. The van der Waals surface area contributed by atoms with E-state index in [0.29, 0.717) is 18.1 Å². The molecule has 2 aromatic heterocycles. The molecular weight excluding hydrogens is 253 g/mol. The van der Waals surface area contributed by atoms with Crippen molar-refractivity contribution >= 4 is 5.97 Å². The number of ether oxygens (including phenoxy) is 1. The van der Waals surface area contributed by atoms with Gasteiger partial charge in [0.15, 0.2) is 5.69 Å². The van der Waals surface area contributed by atoms with E-state index in [0.717, 1.165) is 6.20 Å². The van der Waals surface area contributed by atoms with E-state index in [4.69, 9.17) is 9.84 Å². The largest absolute Gasteiger partial charge is 0.478 e. The maximum absolute atomic E-state index is 13.5. The number of halogens is 1. The lowest BCUT2D eigenvalue weighted by molar-refractivity contribution is 0.0690. The topological polar surface area (TPSA) is 85.2 Å². The summed E-state index contributed by atoms with van der Waals surface area (Å²) in [6, 6.07) is 3.09. The zero-order chi connectivity index (χ0) is 13.8. The Bertz CT molecular complexity index is 602. The zero-order valence-electron chi connectivity index (χ0n) is 10.00. The lowest BCUT2D eigenvalue weighted by atomic mass is 10.2. The first-order valence-electron chi connectivity index (χ1n) is 5.47. The van der Waals surface area contributed by atoms with E-state index >= 15 is 0 Å². The summed E-state index contributed by atoms with van der Waals surface area (Å²) >= 11 is 0. The van der Waals surface area contributed by atoms with Crippen LogP contribution in [-0.4, -0.2) is 32.6 Å². The molecule has 0 bridgehead atoms. The van der Waals surface area contributed by atoms with Crippen molar-refractivity contribution in [3.63, 3.8) is 0 Å². The third-order valence-electron chi connectivity index (χ3n) is 2.25. The summed E-state index contributed by atoms with van der Waals surface area (Å²) in [5.41, 5.74) is -0.155. The van der Waals surface area contributed by atoms with Gasteiger partial charge in [-0.25, -0.2) is 19.7 Å². The first kappa shape index (κ1) is 12.9. The highest BCUT2D eigenvalue weighted by molar-refractivity contribution is 5.85. The van der Waals surface area contributed by atoms with Crippen molar-refractivity contribution in [3.8, 4) is 17.1 Å². The predicted molar refractivity (Wildman–Crippen MR) is 63.3 cm³/mol. The van der Waals surface area contributed by atoms with Gasteiger partial charge in [0.05, 0.1) is 12.8 Å². The molecule has 0 unspecified atom stereocenters. The minimum Gasteiger partial charge on any atom is -0.478 e. The molecule has 0 saturated heterocycles. The van der Waals surface area contributed by atoms with Gasteiger partial charge < -0.3 is 9.84 Å². The second kappa shape index (κ2) is 5.38. The second-order valence-corrected chi connectivity index (χ2v) is 3.52. The van der Waals surface area contributed by atoms with Gasteiger partial charge in [-0.3, -0.25) is 0 Å². The highest BCUT2D eigenvalue weighted by atomic mass is 19.1. The van der Waals surface area contributed by atoms with Crippen molar-refractivity contribution in [1.29, 1.82) is 0 Å². The van der Waals surface area contributed by atoms with Crippen molar-refractivity contribution < 1.29 is 19.0 Å². The summed E-state index contributed by atoms with van der Waals surface area (Å²) in [6.45, 7) is 2.28. The van der Waals surface area contributed by atoms with E-state index in [1.165, 1.54) is 12.3 Å². The van der Waals surface area contributed by atoms with Gasteiger partial charge in [-0.2, -0.15) is 4.39 Å². The molecule has 98 valence electrons. The molecule has 0 spiro atoms. The van der Waals surface area contributed by atoms with E-state index in [1.54, 1.807) is 6.07 Å². The number of aromatic nitrogens is 3. The average Bonchev–Trinajstić information content (AvgIpc) is 2.40. The van der Waals surface area contributed by atoms with Crippen LogP contribution in [0.3, 0.4) is 0 Å². The predicted octanol–water partition coefficient (Wildman–Crippen LogP) is 1.77. The number of hydrogen-bond acceptors (Lipinski definition) is 5. The number of rotatable bonds is 4. The van der Waals surface area contributed by atoms with Crippen LogP contribution in [-0.2, 0) is 0 Å². The summed E-state index contributed by atoms with van der Waals surface area (Å²) in [5.74, 6) is -1.72. The van der Waals surface area contributed by atoms with Gasteiger partial charge in [0.1, 0.15) is 5.69 Å². The fourth-order valence-electron chi connectivity index (χ4n) is 1.41. The Morgan fingerprint density at radius 1 is 1.37 bits per heavy atom. The Morgan fingerprint density at radius 2 is 2.16 bits per heavy atom. The van der Waals surface area contributed by atoms with Crippen LogP contribution >= 0.6 is 0 Å². The van der Waals surface area contributed by atoms with Crippen molar-refractivity contribution in [2.24, 2.45) is 0 Å². The number of aromatic carboxylic acids is 1. The molecule has 2 rings (SSSR count). The van der Waals surface area contributed by atoms with Gasteiger partial charge in [-0.15, -0.1) is 0 Å². The summed E-state index contributed by atoms with van der Waals surface area (Å²) in [7, 11) is 0.